The number of nitrogens with zero attached hydrogens (tertiary/aromatic N) is 3. The van der Waals surface area contributed by atoms with Gasteiger partial charge in [-0.2, -0.15) is 5.10 Å². The molecule has 1 amide bonds. The molecule has 1 fully saturated rings. The van der Waals surface area contributed by atoms with Crippen LogP contribution in [0.15, 0.2) is 30.5 Å². The first-order valence-electron chi connectivity index (χ1n) is 12.3. The van der Waals surface area contributed by atoms with Crippen molar-refractivity contribution in [3.63, 3.8) is 0 Å². The average Bonchev–Trinajstić information content (AvgIpc) is 3.41. The van der Waals surface area contributed by atoms with Crippen LogP contribution in [0.4, 0.5) is 8.78 Å². The van der Waals surface area contributed by atoms with E-state index in [9.17, 15) is 13.6 Å². The highest BCUT2D eigenvalue weighted by Gasteiger charge is 2.39. The predicted octanol–water partition coefficient (Wildman–Crippen LogP) is 3.95. The highest BCUT2D eigenvalue weighted by molar-refractivity contribution is 7.16. The SMILES string of the molecule is CN(C)CCC[C@@H]1C[C@H](c2ccc(F)c(F)c2)[C@@H](c2c(C(N)=O)sc3c2-c2ccnn2CCO3)CN1. The maximum Gasteiger partial charge on any atom is 0.259 e. The predicted molar refractivity (Wildman–Crippen MR) is 136 cm³/mol. The van der Waals surface area contributed by atoms with Gasteiger partial charge < -0.3 is 20.7 Å². The minimum absolute atomic E-state index is 0.137. The van der Waals surface area contributed by atoms with Crippen molar-refractivity contribution >= 4 is 17.2 Å². The van der Waals surface area contributed by atoms with E-state index in [0.29, 0.717) is 29.6 Å². The van der Waals surface area contributed by atoms with Gasteiger partial charge in [0.15, 0.2) is 16.7 Å². The molecule has 3 N–H and O–H groups in total. The summed E-state index contributed by atoms with van der Waals surface area (Å²) < 4.78 is 36.1. The van der Waals surface area contributed by atoms with Gasteiger partial charge in [0.25, 0.3) is 5.91 Å². The number of hydrogen-bond acceptors (Lipinski definition) is 6. The Bertz CT molecular complexity index is 1260. The lowest BCUT2D eigenvalue weighted by atomic mass is 9.73. The van der Waals surface area contributed by atoms with Crippen molar-refractivity contribution in [2.45, 2.75) is 43.7 Å². The summed E-state index contributed by atoms with van der Waals surface area (Å²) in [7, 11) is 4.10. The maximum atomic E-state index is 14.4. The molecular formula is C26H31F2N5O2S. The molecule has 0 saturated carbocycles. The molecule has 5 rings (SSSR count). The number of carbonyl (C=O) groups is 1. The van der Waals surface area contributed by atoms with Crippen LogP contribution in [0, 0.1) is 11.6 Å². The number of aromatic nitrogens is 2. The number of nitrogens with one attached hydrogen (secondary N) is 1. The van der Waals surface area contributed by atoms with Crippen LogP contribution < -0.4 is 15.8 Å². The molecule has 36 heavy (non-hydrogen) atoms. The monoisotopic (exact) mass is 515 g/mol. The van der Waals surface area contributed by atoms with Crippen molar-refractivity contribution in [3.05, 3.63) is 58.1 Å². The summed E-state index contributed by atoms with van der Waals surface area (Å²) in [6.07, 6.45) is 4.45. The van der Waals surface area contributed by atoms with Gasteiger partial charge in [0.1, 0.15) is 6.61 Å². The first-order valence-corrected chi connectivity index (χ1v) is 13.1. The van der Waals surface area contributed by atoms with Gasteiger partial charge in [-0.3, -0.25) is 9.48 Å². The van der Waals surface area contributed by atoms with Crippen molar-refractivity contribution < 1.29 is 18.3 Å². The van der Waals surface area contributed by atoms with Gasteiger partial charge in [0.05, 0.1) is 22.7 Å². The number of amides is 1. The molecule has 3 aromatic rings. The fraction of sp³-hybridized carbons (Fsp3) is 0.462. The molecule has 2 aliphatic rings. The van der Waals surface area contributed by atoms with E-state index in [2.05, 4.69) is 29.4 Å². The topological polar surface area (TPSA) is 85.4 Å². The second-order valence-corrected chi connectivity index (χ2v) is 10.8. The summed E-state index contributed by atoms with van der Waals surface area (Å²) in [5.41, 5.74) is 9.10. The van der Waals surface area contributed by atoms with Crippen LogP contribution in [-0.2, 0) is 6.54 Å². The lowest BCUT2D eigenvalue weighted by molar-refractivity contribution is 0.100. The molecule has 3 atom stereocenters. The third-order valence-electron chi connectivity index (χ3n) is 7.20. The minimum atomic E-state index is -0.869. The highest BCUT2D eigenvalue weighted by Crippen LogP contribution is 2.51. The molecule has 2 aromatic heterocycles. The smallest absolute Gasteiger partial charge is 0.259 e. The number of ether oxygens (including phenoxy) is 1. The molecule has 10 heteroatoms. The summed E-state index contributed by atoms with van der Waals surface area (Å²) in [4.78, 5) is 15.2. The number of thiophene rings is 1. The van der Waals surface area contributed by atoms with Crippen LogP contribution in [-0.4, -0.2) is 60.4 Å². The van der Waals surface area contributed by atoms with E-state index >= 15 is 0 Å². The Hall–Kier alpha value is -2.82. The number of piperidine rings is 1. The molecule has 0 aliphatic carbocycles. The largest absolute Gasteiger partial charge is 0.481 e. The van der Waals surface area contributed by atoms with Gasteiger partial charge in [0.2, 0.25) is 0 Å². The van der Waals surface area contributed by atoms with E-state index in [1.165, 1.54) is 23.5 Å². The normalized spacial score (nSPS) is 21.5. The molecule has 0 unspecified atom stereocenters. The third kappa shape index (κ3) is 4.77. The number of benzene rings is 1. The zero-order chi connectivity index (χ0) is 25.4. The lowest BCUT2D eigenvalue weighted by Crippen LogP contribution is -2.42. The number of fused-ring (bicyclic) bond motifs is 3. The summed E-state index contributed by atoms with van der Waals surface area (Å²) in [5.74, 6) is -2.58. The Balaban J connectivity index is 1.59. The number of primary amides is 1. The summed E-state index contributed by atoms with van der Waals surface area (Å²) in [6, 6.07) is 6.28. The average molecular weight is 516 g/mol. The minimum Gasteiger partial charge on any atom is -0.481 e. The van der Waals surface area contributed by atoms with Crippen LogP contribution >= 0.6 is 11.3 Å². The molecule has 0 bridgehead atoms. The van der Waals surface area contributed by atoms with Gasteiger partial charge in [-0.15, -0.1) is 0 Å². The van der Waals surface area contributed by atoms with Crippen LogP contribution in [0.25, 0.3) is 11.3 Å². The van der Waals surface area contributed by atoms with Crippen LogP contribution in [0.5, 0.6) is 5.06 Å². The third-order valence-corrected chi connectivity index (χ3v) is 8.33. The second kappa shape index (κ2) is 10.3. The fourth-order valence-corrected chi connectivity index (χ4v) is 6.64. The molecule has 1 aromatic carbocycles. The fourth-order valence-electron chi connectivity index (χ4n) is 5.53. The number of halogens is 2. The number of rotatable bonds is 7. The van der Waals surface area contributed by atoms with Crippen molar-refractivity contribution in [3.8, 4) is 16.3 Å². The molecule has 1 saturated heterocycles. The molecule has 4 heterocycles. The summed E-state index contributed by atoms with van der Waals surface area (Å²) in [5, 5.41) is 8.74. The van der Waals surface area contributed by atoms with Crippen molar-refractivity contribution in [1.29, 1.82) is 0 Å². The zero-order valence-electron chi connectivity index (χ0n) is 20.5. The maximum absolute atomic E-state index is 14.4. The number of hydrogen-bond donors (Lipinski definition) is 2. The van der Waals surface area contributed by atoms with Gasteiger partial charge in [-0.25, -0.2) is 8.78 Å². The molecule has 7 nitrogen and oxygen atoms in total. The quantitative estimate of drug-likeness (QED) is 0.498. The van der Waals surface area contributed by atoms with E-state index in [4.69, 9.17) is 10.5 Å². The molecule has 192 valence electrons. The Labute approximate surface area is 213 Å². The van der Waals surface area contributed by atoms with Crippen LogP contribution in [0.2, 0.25) is 0 Å². The summed E-state index contributed by atoms with van der Waals surface area (Å²) in [6.45, 7) is 2.58. The Morgan fingerprint density at radius 3 is 2.86 bits per heavy atom. The van der Waals surface area contributed by atoms with Gasteiger partial charge in [0, 0.05) is 24.7 Å². The molecule has 2 aliphatic heterocycles. The second-order valence-electron chi connectivity index (χ2n) is 9.83. The molecular weight excluding hydrogens is 484 g/mol. The van der Waals surface area contributed by atoms with Crippen molar-refractivity contribution in [2.24, 2.45) is 5.73 Å². The van der Waals surface area contributed by atoms with E-state index in [0.717, 1.165) is 48.2 Å². The number of nitrogens with two attached hydrogens (primary N) is 1. The Morgan fingerprint density at radius 2 is 2.11 bits per heavy atom. The molecule has 0 radical (unpaired) electrons. The van der Waals surface area contributed by atoms with Gasteiger partial charge in [-0.1, -0.05) is 17.4 Å². The zero-order valence-corrected chi connectivity index (χ0v) is 21.3. The van der Waals surface area contributed by atoms with Crippen LogP contribution in [0.1, 0.15) is 51.9 Å². The first-order chi connectivity index (χ1) is 17.3. The van der Waals surface area contributed by atoms with E-state index in [1.807, 2.05) is 10.7 Å². The van der Waals surface area contributed by atoms with Crippen molar-refractivity contribution in [1.82, 2.24) is 20.0 Å². The number of carbonyl (C=O) groups excluding carboxylic acids is 1. The summed E-state index contributed by atoms with van der Waals surface area (Å²) >= 11 is 1.26. The first kappa shape index (κ1) is 24.9. The van der Waals surface area contributed by atoms with Gasteiger partial charge >= 0.3 is 0 Å². The van der Waals surface area contributed by atoms with E-state index in [1.54, 1.807) is 12.3 Å². The van der Waals surface area contributed by atoms with Crippen LogP contribution in [0.3, 0.4) is 0 Å². The molecule has 0 spiro atoms. The van der Waals surface area contributed by atoms with E-state index < -0.39 is 17.5 Å². The lowest BCUT2D eigenvalue weighted by Gasteiger charge is -2.38. The van der Waals surface area contributed by atoms with Crippen molar-refractivity contribution in [2.75, 3.05) is 33.8 Å². The van der Waals surface area contributed by atoms with Gasteiger partial charge in [-0.05, 0) is 75.1 Å². The standard InChI is InChI=1S/C26H31F2N5O2S/c1-32(2)9-3-4-16-13-17(15-5-6-19(27)20(28)12-15)18(14-30-16)22-23-21-7-8-31-33(21)10-11-35-26(23)36-24(22)25(29)34/h5-8,12,16-18,30H,3-4,9-11,13-14H2,1-2H3,(H2,29,34)/t16-,17-,18+/m1/s1. The highest BCUT2D eigenvalue weighted by atomic mass is 32.1. The van der Waals surface area contributed by atoms with E-state index in [-0.39, 0.29) is 17.9 Å². The Morgan fingerprint density at radius 1 is 1.28 bits per heavy atom. The Kier molecular flexibility index (Phi) is 7.09.